The van der Waals surface area contributed by atoms with Crippen molar-refractivity contribution in [1.82, 2.24) is 0 Å². The van der Waals surface area contributed by atoms with Gasteiger partial charge in [-0.15, -0.1) is 0 Å². The molecular formula is C22H34O4. The average Bonchev–Trinajstić information content (AvgIpc) is 2.86. The molecule has 4 nitrogen and oxygen atoms in total. The minimum absolute atomic E-state index is 0.0621. The fourth-order valence-electron chi connectivity index (χ4n) is 7.48. The number of fused-ring (bicyclic) bond motifs is 5. The summed E-state index contributed by atoms with van der Waals surface area (Å²) in [7, 11) is 0. The molecule has 4 aliphatic carbocycles. The first-order valence-electron chi connectivity index (χ1n) is 10.5. The van der Waals surface area contributed by atoms with Crippen LogP contribution in [-0.4, -0.2) is 33.0 Å². The highest BCUT2D eigenvalue weighted by atomic mass is 16.4. The maximum absolute atomic E-state index is 11.4. The van der Waals surface area contributed by atoms with Gasteiger partial charge in [-0.2, -0.15) is 0 Å². The van der Waals surface area contributed by atoms with Crippen LogP contribution in [0.5, 0.6) is 0 Å². The van der Waals surface area contributed by atoms with Gasteiger partial charge in [0.1, 0.15) is 0 Å². The van der Waals surface area contributed by atoms with Crippen LogP contribution in [0.2, 0.25) is 0 Å². The average molecular weight is 363 g/mol. The Kier molecular flexibility index (Phi) is 4.31. The highest BCUT2D eigenvalue weighted by molar-refractivity contribution is 5.66. The van der Waals surface area contributed by atoms with Crippen LogP contribution < -0.4 is 0 Å². The van der Waals surface area contributed by atoms with Crippen molar-refractivity contribution >= 4 is 5.97 Å². The molecule has 146 valence electrons. The molecule has 4 rings (SSSR count). The Morgan fingerprint density at radius 2 is 1.88 bits per heavy atom. The predicted molar refractivity (Wildman–Crippen MR) is 99.5 cm³/mol. The fourth-order valence-corrected chi connectivity index (χ4v) is 7.48. The standard InChI is InChI=1S/C22H34O4/c1-20-9-5-15(23)13-14(20)3-4-16-17(20)6-10-21(2)18(16)7-11-22(21,26)12-8-19(24)25/h3,15-18,23,26H,4-13H2,1-2H3,(H,24,25)/t15-,16+,17-,18-,20+,21+,22-/m1/s1. The van der Waals surface area contributed by atoms with E-state index < -0.39 is 11.6 Å². The summed E-state index contributed by atoms with van der Waals surface area (Å²) in [4.78, 5) is 11.1. The van der Waals surface area contributed by atoms with Gasteiger partial charge >= 0.3 is 5.97 Å². The van der Waals surface area contributed by atoms with E-state index in [1.807, 2.05) is 0 Å². The summed E-state index contributed by atoms with van der Waals surface area (Å²) in [6, 6.07) is 0. The van der Waals surface area contributed by atoms with Crippen LogP contribution in [0, 0.1) is 28.6 Å². The quantitative estimate of drug-likeness (QED) is 0.665. The van der Waals surface area contributed by atoms with Gasteiger partial charge in [-0.05, 0) is 86.4 Å². The van der Waals surface area contributed by atoms with Crippen molar-refractivity contribution < 1.29 is 20.1 Å². The van der Waals surface area contributed by atoms with Crippen molar-refractivity contribution in [3.05, 3.63) is 11.6 Å². The summed E-state index contributed by atoms with van der Waals surface area (Å²) in [5.41, 5.74) is 0.708. The molecule has 0 aliphatic heterocycles. The second kappa shape index (κ2) is 6.07. The second-order valence-electron chi connectivity index (χ2n) is 10.1. The van der Waals surface area contributed by atoms with E-state index in [9.17, 15) is 15.0 Å². The number of carboxylic acid groups (broad SMARTS) is 1. The SMILES string of the molecule is C[C@]12CC[C@@H](O)CC1=CC[C@H]1[C@H]2CC[C@@]2(C)[C@@H]1CC[C@@]2(O)CCC(=O)O. The van der Waals surface area contributed by atoms with Crippen LogP contribution in [0.1, 0.15) is 78.1 Å². The molecule has 0 radical (unpaired) electrons. The Bertz CT molecular complexity index is 628. The molecule has 0 amide bonds. The number of hydrogen-bond acceptors (Lipinski definition) is 3. The number of aliphatic carboxylic acids is 1. The third-order valence-corrected chi connectivity index (χ3v) is 9.15. The Hall–Kier alpha value is -0.870. The fraction of sp³-hybridized carbons (Fsp3) is 0.864. The normalized spacial score (nSPS) is 50.4. The third-order valence-electron chi connectivity index (χ3n) is 9.15. The lowest BCUT2D eigenvalue weighted by Gasteiger charge is -2.59. The Labute approximate surface area is 156 Å². The van der Waals surface area contributed by atoms with E-state index in [0.717, 1.165) is 51.4 Å². The summed E-state index contributed by atoms with van der Waals surface area (Å²) in [6.07, 6.45) is 10.5. The van der Waals surface area contributed by atoms with Crippen molar-refractivity contribution in [2.75, 3.05) is 0 Å². The zero-order chi connectivity index (χ0) is 18.7. The maximum Gasteiger partial charge on any atom is 0.303 e. The molecule has 4 aliphatic rings. The summed E-state index contributed by atoms with van der Waals surface area (Å²) in [5.74, 6) is 0.922. The van der Waals surface area contributed by atoms with Gasteiger partial charge in [0.15, 0.2) is 0 Å². The number of hydrogen-bond donors (Lipinski definition) is 3. The number of allylic oxidation sites excluding steroid dienone is 1. The smallest absolute Gasteiger partial charge is 0.303 e. The molecule has 7 atom stereocenters. The molecule has 0 aromatic carbocycles. The van der Waals surface area contributed by atoms with Crippen molar-refractivity contribution in [1.29, 1.82) is 0 Å². The van der Waals surface area contributed by atoms with E-state index in [0.29, 0.717) is 24.2 Å². The Balaban J connectivity index is 1.61. The predicted octanol–water partition coefficient (Wildman–Crippen LogP) is 3.91. The molecular weight excluding hydrogens is 328 g/mol. The number of rotatable bonds is 3. The Morgan fingerprint density at radius 3 is 2.62 bits per heavy atom. The summed E-state index contributed by atoms with van der Waals surface area (Å²) < 4.78 is 0. The van der Waals surface area contributed by atoms with Gasteiger partial charge in [0, 0.05) is 6.42 Å². The molecule has 0 spiro atoms. The first kappa shape index (κ1) is 18.5. The summed E-state index contributed by atoms with van der Waals surface area (Å²) in [5, 5.41) is 30.6. The molecule has 0 aromatic heterocycles. The van der Waals surface area contributed by atoms with Crippen molar-refractivity contribution in [3.8, 4) is 0 Å². The van der Waals surface area contributed by atoms with Gasteiger partial charge in [0.25, 0.3) is 0 Å². The first-order valence-corrected chi connectivity index (χ1v) is 10.5. The lowest BCUT2D eigenvalue weighted by molar-refractivity contribution is -0.146. The van der Waals surface area contributed by atoms with Gasteiger partial charge < -0.3 is 15.3 Å². The number of aliphatic hydroxyl groups is 2. The van der Waals surface area contributed by atoms with Crippen LogP contribution in [0.15, 0.2) is 11.6 Å². The monoisotopic (exact) mass is 362 g/mol. The van der Waals surface area contributed by atoms with Gasteiger partial charge in [-0.1, -0.05) is 25.5 Å². The highest BCUT2D eigenvalue weighted by Gasteiger charge is 2.63. The van der Waals surface area contributed by atoms with E-state index in [4.69, 9.17) is 5.11 Å². The molecule has 26 heavy (non-hydrogen) atoms. The Morgan fingerprint density at radius 1 is 1.15 bits per heavy atom. The van der Waals surface area contributed by atoms with E-state index >= 15 is 0 Å². The van der Waals surface area contributed by atoms with E-state index in [-0.39, 0.29) is 23.4 Å². The zero-order valence-electron chi connectivity index (χ0n) is 16.2. The van der Waals surface area contributed by atoms with Crippen molar-refractivity contribution in [3.63, 3.8) is 0 Å². The molecule has 0 saturated heterocycles. The van der Waals surface area contributed by atoms with Crippen molar-refractivity contribution in [2.45, 2.75) is 89.8 Å². The van der Waals surface area contributed by atoms with Crippen molar-refractivity contribution in [2.24, 2.45) is 28.6 Å². The molecule has 3 fully saturated rings. The first-order chi connectivity index (χ1) is 12.2. The summed E-state index contributed by atoms with van der Waals surface area (Å²) in [6.45, 7) is 4.64. The lowest BCUT2D eigenvalue weighted by atomic mass is 9.47. The second-order valence-corrected chi connectivity index (χ2v) is 10.1. The molecule has 3 saturated carbocycles. The van der Waals surface area contributed by atoms with Crippen LogP contribution in [-0.2, 0) is 4.79 Å². The van der Waals surface area contributed by atoms with Gasteiger partial charge in [0.2, 0.25) is 0 Å². The highest BCUT2D eigenvalue weighted by Crippen LogP contribution is 2.67. The molecule has 0 bridgehead atoms. The van der Waals surface area contributed by atoms with Crippen LogP contribution in [0.25, 0.3) is 0 Å². The van der Waals surface area contributed by atoms with Crippen LogP contribution in [0.4, 0.5) is 0 Å². The maximum atomic E-state index is 11.4. The lowest BCUT2D eigenvalue weighted by Crippen LogP contribution is -2.54. The zero-order valence-corrected chi connectivity index (χ0v) is 16.2. The number of carbonyl (C=O) groups is 1. The van der Waals surface area contributed by atoms with E-state index in [1.54, 1.807) is 0 Å². The van der Waals surface area contributed by atoms with Gasteiger partial charge in [-0.25, -0.2) is 0 Å². The summed E-state index contributed by atoms with van der Waals surface area (Å²) >= 11 is 0. The number of aliphatic hydroxyl groups excluding tert-OH is 1. The molecule has 0 aromatic rings. The van der Waals surface area contributed by atoms with E-state index in [2.05, 4.69) is 19.9 Å². The molecule has 0 heterocycles. The third kappa shape index (κ3) is 2.51. The topological polar surface area (TPSA) is 77.8 Å². The van der Waals surface area contributed by atoms with Gasteiger partial charge in [-0.3, -0.25) is 4.79 Å². The van der Waals surface area contributed by atoms with Crippen LogP contribution >= 0.6 is 0 Å². The molecule has 0 unspecified atom stereocenters. The minimum Gasteiger partial charge on any atom is -0.481 e. The minimum atomic E-state index is -0.825. The molecule has 4 heteroatoms. The molecule has 3 N–H and O–H groups in total. The van der Waals surface area contributed by atoms with E-state index in [1.165, 1.54) is 5.57 Å². The number of carboxylic acids is 1. The van der Waals surface area contributed by atoms with Gasteiger partial charge in [0.05, 0.1) is 11.7 Å². The largest absolute Gasteiger partial charge is 0.481 e. The van der Waals surface area contributed by atoms with Crippen LogP contribution in [0.3, 0.4) is 0 Å².